The van der Waals surface area contributed by atoms with Crippen LogP contribution in [0.5, 0.6) is 17.2 Å². The van der Waals surface area contributed by atoms with Crippen LogP contribution in [-0.4, -0.2) is 36.2 Å². The predicted molar refractivity (Wildman–Crippen MR) is 108 cm³/mol. The molecule has 0 unspecified atom stereocenters. The van der Waals surface area contributed by atoms with Crippen LogP contribution in [0, 0.1) is 6.92 Å². The van der Waals surface area contributed by atoms with Crippen molar-refractivity contribution < 1.29 is 19.0 Å². The molecule has 2 aromatic carbocycles. The quantitative estimate of drug-likeness (QED) is 0.685. The standard InChI is InChI=1S/C21H20N4O4/c1-13-3-5-17(27-2)16(11-13)25-21-22-8-7-15(24-21)20(26)23-14-4-6-18-19(12-14)29-10-9-28-18/h3-8,11-12H,9-10H2,1-2H3,(H,23,26)(H,22,24,25). The number of carbonyl (C=O) groups excluding carboxylic acids is 1. The molecule has 0 spiro atoms. The molecule has 148 valence electrons. The minimum Gasteiger partial charge on any atom is -0.495 e. The zero-order chi connectivity index (χ0) is 20.2. The summed E-state index contributed by atoms with van der Waals surface area (Å²) in [5.41, 5.74) is 2.59. The maximum atomic E-state index is 12.6. The first-order valence-electron chi connectivity index (χ1n) is 9.08. The molecule has 1 aromatic heterocycles. The normalized spacial score (nSPS) is 12.2. The maximum Gasteiger partial charge on any atom is 0.274 e. The number of benzene rings is 2. The van der Waals surface area contributed by atoms with Crippen molar-refractivity contribution in [1.82, 2.24) is 9.97 Å². The second-order valence-corrected chi connectivity index (χ2v) is 6.41. The van der Waals surface area contributed by atoms with E-state index >= 15 is 0 Å². The van der Waals surface area contributed by atoms with Gasteiger partial charge in [0.2, 0.25) is 5.95 Å². The molecule has 2 heterocycles. The van der Waals surface area contributed by atoms with Gasteiger partial charge in [-0.25, -0.2) is 9.97 Å². The van der Waals surface area contributed by atoms with Gasteiger partial charge in [-0.2, -0.15) is 0 Å². The third-order valence-corrected chi connectivity index (χ3v) is 4.29. The molecule has 3 aromatic rings. The number of carbonyl (C=O) groups is 1. The smallest absolute Gasteiger partial charge is 0.274 e. The minimum absolute atomic E-state index is 0.226. The van der Waals surface area contributed by atoms with Crippen LogP contribution in [0.3, 0.4) is 0 Å². The van der Waals surface area contributed by atoms with Gasteiger partial charge in [-0.3, -0.25) is 4.79 Å². The molecule has 0 radical (unpaired) electrons. The van der Waals surface area contributed by atoms with Crippen LogP contribution < -0.4 is 24.8 Å². The van der Waals surface area contributed by atoms with Gasteiger partial charge >= 0.3 is 0 Å². The second-order valence-electron chi connectivity index (χ2n) is 6.41. The fourth-order valence-electron chi connectivity index (χ4n) is 2.90. The fourth-order valence-corrected chi connectivity index (χ4v) is 2.90. The van der Waals surface area contributed by atoms with E-state index in [-0.39, 0.29) is 11.6 Å². The predicted octanol–water partition coefficient (Wildman–Crippen LogP) is 3.56. The van der Waals surface area contributed by atoms with E-state index in [1.54, 1.807) is 31.4 Å². The molecule has 0 saturated heterocycles. The van der Waals surface area contributed by atoms with Crippen LogP contribution in [0.2, 0.25) is 0 Å². The van der Waals surface area contributed by atoms with E-state index in [0.29, 0.717) is 42.1 Å². The molecular formula is C21H20N4O4. The second kappa shape index (κ2) is 8.05. The highest BCUT2D eigenvalue weighted by Crippen LogP contribution is 2.32. The van der Waals surface area contributed by atoms with Gasteiger partial charge in [0.15, 0.2) is 11.5 Å². The number of nitrogens with zero attached hydrogens (tertiary/aromatic N) is 2. The number of ether oxygens (including phenoxy) is 3. The van der Waals surface area contributed by atoms with E-state index in [1.807, 2.05) is 25.1 Å². The van der Waals surface area contributed by atoms with Crippen LogP contribution in [0.1, 0.15) is 16.1 Å². The summed E-state index contributed by atoms with van der Waals surface area (Å²) in [6, 6.07) is 12.5. The van der Waals surface area contributed by atoms with E-state index in [9.17, 15) is 4.79 Å². The molecule has 29 heavy (non-hydrogen) atoms. The highest BCUT2D eigenvalue weighted by molar-refractivity contribution is 6.03. The van der Waals surface area contributed by atoms with Crippen LogP contribution in [0.25, 0.3) is 0 Å². The first-order valence-corrected chi connectivity index (χ1v) is 9.08. The molecule has 4 rings (SSSR count). The number of aryl methyl sites for hydroxylation is 1. The van der Waals surface area contributed by atoms with Crippen LogP contribution >= 0.6 is 0 Å². The van der Waals surface area contributed by atoms with E-state index in [4.69, 9.17) is 14.2 Å². The molecule has 0 atom stereocenters. The van der Waals surface area contributed by atoms with E-state index in [0.717, 1.165) is 11.3 Å². The van der Waals surface area contributed by atoms with E-state index in [2.05, 4.69) is 20.6 Å². The summed E-state index contributed by atoms with van der Waals surface area (Å²) in [4.78, 5) is 21.1. The van der Waals surface area contributed by atoms with Crippen LogP contribution in [0.4, 0.5) is 17.3 Å². The lowest BCUT2D eigenvalue weighted by Gasteiger charge is -2.19. The summed E-state index contributed by atoms with van der Waals surface area (Å²) in [5.74, 6) is 1.86. The molecule has 8 nitrogen and oxygen atoms in total. The molecule has 0 bridgehead atoms. The topological polar surface area (TPSA) is 94.6 Å². The molecule has 0 aliphatic carbocycles. The van der Waals surface area contributed by atoms with Gasteiger partial charge < -0.3 is 24.8 Å². The Morgan fingerprint density at radius 3 is 2.72 bits per heavy atom. The Kier molecular flexibility index (Phi) is 5.15. The van der Waals surface area contributed by atoms with Crippen molar-refractivity contribution in [2.45, 2.75) is 6.92 Å². The lowest BCUT2D eigenvalue weighted by Crippen LogP contribution is -2.17. The number of fused-ring (bicyclic) bond motifs is 1. The van der Waals surface area contributed by atoms with Gasteiger partial charge in [0, 0.05) is 18.0 Å². The highest BCUT2D eigenvalue weighted by Gasteiger charge is 2.15. The molecule has 0 fully saturated rings. The van der Waals surface area contributed by atoms with Crippen LogP contribution in [-0.2, 0) is 0 Å². The SMILES string of the molecule is COc1ccc(C)cc1Nc1nccc(C(=O)Nc2ccc3c(c2)OCCO3)n1. The average Bonchev–Trinajstić information content (AvgIpc) is 2.74. The Balaban J connectivity index is 1.51. The molecule has 8 heteroatoms. The summed E-state index contributed by atoms with van der Waals surface area (Å²) < 4.78 is 16.4. The number of hydrogen-bond acceptors (Lipinski definition) is 7. The first-order chi connectivity index (χ1) is 14.1. The first kappa shape index (κ1) is 18.5. The minimum atomic E-state index is -0.358. The number of rotatable bonds is 5. The Bertz CT molecular complexity index is 1050. The summed E-state index contributed by atoms with van der Waals surface area (Å²) >= 11 is 0. The zero-order valence-corrected chi connectivity index (χ0v) is 16.1. The summed E-state index contributed by atoms with van der Waals surface area (Å²) in [5, 5.41) is 5.91. The number of methoxy groups -OCH3 is 1. The summed E-state index contributed by atoms with van der Waals surface area (Å²) in [6.45, 7) is 2.97. The lowest BCUT2D eigenvalue weighted by molar-refractivity contribution is 0.102. The molecule has 0 saturated carbocycles. The summed E-state index contributed by atoms with van der Waals surface area (Å²) in [6.07, 6.45) is 1.52. The van der Waals surface area contributed by atoms with Crippen molar-refractivity contribution in [3.05, 3.63) is 59.9 Å². The van der Waals surface area contributed by atoms with Crippen molar-refractivity contribution >= 4 is 23.2 Å². The van der Waals surface area contributed by atoms with Gasteiger partial charge in [-0.05, 0) is 42.8 Å². The van der Waals surface area contributed by atoms with Gasteiger partial charge in [-0.15, -0.1) is 0 Å². The van der Waals surface area contributed by atoms with Gasteiger partial charge in [-0.1, -0.05) is 6.07 Å². The molecule has 1 aliphatic rings. The van der Waals surface area contributed by atoms with E-state index < -0.39 is 0 Å². The monoisotopic (exact) mass is 392 g/mol. The van der Waals surface area contributed by atoms with Crippen molar-refractivity contribution in [3.8, 4) is 17.2 Å². The highest BCUT2D eigenvalue weighted by atomic mass is 16.6. The van der Waals surface area contributed by atoms with E-state index in [1.165, 1.54) is 6.20 Å². The molecule has 1 amide bonds. The third-order valence-electron chi connectivity index (χ3n) is 4.29. The Labute approximate surface area is 167 Å². The van der Waals surface area contributed by atoms with Crippen molar-refractivity contribution in [2.24, 2.45) is 0 Å². The van der Waals surface area contributed by atoms with Gasteiger partial charge in [0.25, 0.3) is 5.91 Å². The lowest BCUT2D eigenvalue weighted by atomic mass is 10.2. The number of amides is 1. The zero-order valence-electron chi connectivity index (χ0n) is 16.1. The van der Waals surface area contributed by atoms with Crippen molar-refractivity contribution in [1.29, 1.82) is 0 Å². The summed E-state index contributed by atoms with van der Waals surface area (Å²) in [7, 11) is 1.59. The Hall–Kier alpha value is -3.81. The maximum absolute atomic E-state index is 12.6. The number of aromatic nitrogens is 2. The largest absolute Gasteiger partial charge is 0.495 e. The van der Waals surface area contributed by atoms with Gasteiger partial charge in [0.05, 0.1) is 12.8 Å². The molecule has 1 aliphatic heterocycles. The Morgan fingerprint density at radius 1 is 1.07 bits per heavy atom. The Morgan fingerprint density at radius 2 is 1.90 bits per heavy atom. The van der Waals surface area contributed by atoms with Crippen molar-refractivity contribution in [3.63, 3.8) is 0 Å². The van der Waals surface area contributed by atoms with Crippen LogP contribution in [0.15, 0.2) is 48.7 Å². The van der Waals surface area contributed by atoms with Gasteiger partial charge in [0.1, 0.15) is 24.7 Å². The van der Waals surface area contributed by atoms with Crippen molar-refractivity contribution in [2.75, 3.05) is 31.0 Å². The number of nitrogens with one attached hydrogen (secondary N) is 2. The average molecular weight is 392 g/mol. The fraction of sp³-hybridized carbons (Fsp3) is 0.190. The number of anilines is 3. The molecule has 2 N–H and O–H groups in total. The number of hydrogen-bond donors (Lipinski definition) is 2. The molecular weight excluding hydrogens is 372 g/mol. The third kappa shape index (κ3) is 4.21.